The molecule has 0 saturated heterocycles. The van der Waals surface area contributed by atoms with Gasteiger partial charge in [-0.05, 0) is 31.2 Å². The minimum Gasteiger partial charge on any atom is -0.316 e. The number of benzene rings is 1. The summed E-state index contributed by atoms with van der Waals surface area (Å²) in [6.07, 6.45) is -1.16. The van der Waals surface area contributed by atoms with E-state index < -0.39 is 11.7 Å². The van der Waals surface area contributed by atoms with E-state index in [1.807, 2.05) is 13.2 Å². The zero-order valence-corrected chi connectivity index (χ0v) is 11.9. The Hall–Kier alpha value is -1.89. The number of rotatable bonds is 5. The maximum atomic E-state index is 12.5. The number of aryl methyl sites for hydroxylation is 1. The van der Waals surface area contributed by atoms with Crippen molar-refractivity contribution >= 4 is 0 Å². The monoisotopic (exact) mass is 298 g/mol. The highest BCUT2D eigenvalue weighted by molar-refractivity contribution is 5.25. The average molecular weight is 298 g/mol. The van der Waals surface area contributed by atoms with E-state index in [4.69, 9.17) is 0 Å². The fraction of sp³-hybridized carbons (Fsp3) is 0.429. The van der Waals surface area contributed by atoms with E-state index in [-0.39, 0.29) is 6.04 Å². The van der Waals surface area contributed by atoms with Crippen LogP contribution < -0.4 is 5.32 Å². The summed E-state index contributed by atoms with van der Waals surface area (Å²) in [5.41, 5.74) is 1.08. The third-order valence-electron chi connectivity index (χ3n) is 3.28. The van der Waals surface area contributed by atoms with E-state index in [1.54, 1.807) is 11.7 Å². The number of likely N-dealkylation sites (N-methyl/N-ethyl adjacent to an activating group) is 1. The lowest BCUT2D eigenvalue weighted by atomic mass is 10.0. The second-order valence-corrected chi connectivity index (χ2v) is 4.97. The van der Waals surface area contributed by atoms with Crippen molar-refractivity contribution in [2.75, 3.05) is 7.05 Å². The van der Waals surface area contributed by atoms with Crippen molar-refractivity contribution in [3.63, 3.8) is 0 Å². The van der Waals surface area contributed by atoms with Crippen molar-refractivity contribution in [2.24, 2.45) is 7.05 Å². The zero-order valence-electron chi connectivity index (χ0n) is 11.9. The first-order valence-electron chi connectivity index (χ1n) is 6.57. The lowest BCUT2D eigenvalue weighted by molar-refractivity contribution is -0.137. The van der Waals surface area contributed by atoms with Crippen molar-refractivity contribution in [3.05, 3.63) is 47.3 Å². The first-order valence-corrected chi connectivity index (χ1v) is 6.57. The van der Waals surface area contributed by atoms with Crippen molar-refractivity contribution in [2.45, 2.75) is 25.1 Å². The van der Waals surface area contributed by atoms with E-state index >= 15 is 0 Å². The molecule has 7 heteroatoms. The van der Waals surface area contributed by atoms with Gasteiger partial charge in [0.05, 0.1) is 11.3 Å². The van der Waals surface area contributed by atoms with Crippen LogP contribution in [0.1, 0.15) is 16.8 Å². The highest BCUT2D eigenvalue weighted by Gasteiger charge is 2.29. The van der Waals surface area contributed by atoms with Gasteiger partial charge < -0.3 is 5.32 Å². The van der Waals surface area contributed by atoms with E-state index in [2.05, 4.69) is 15.6 Å². The average Bonchev–Trinajstić information content (AvgIpc) is 2.83. The van der Waals surface area contributed by atoms with Gasteiger partial charge in [0.1, 0.15) is 0 Å². The molecule has 0 aliphatic rings. The van der Waals surface area contributed by atoms with Crippen LogP contribution in [-0.4, -0.2) is 28.1 Å². The summed E-state index contributed by atoms with van der Waals surface area (Å²) in [4.78, 5) is 0. The highest BCUT2D eigenvalue weighted by Crippen LogP contribution is 2.29. The van der Waals surface area contributed by atoms with Gasteiger partial charge in [-0.3, -0.25) is 4.68 Å². The normalized spacial score (nSPS) is 13.4. The van der Waals surface area contributed by atoms with Gasteiger partial charge in [-0.25, -0.2) is 0 Å². The van der Waals surface area contributed by atoms with Crippen LogP contribution in [0, 0.1) is 0 Å². The van der Waals surface area contributed by atoms with Crippen molar-refractivity contribution in [1.29, 1.82) is 0 Å². The maximum Gasteiger partial charge on any atom is 0.416 e. The van der Waals surface area contributed by atoms with Gasteiger partial charge in [0.2, 0.25) is 0 Å². The van der Waals surface area contributed by atoms with Crippen LogP contribution in [-0.2, 0) is 26.1 Å². The molecule has 0 fully saturated rings. The molecular formula is C14H17F3N4. The van der Waals surface area contributed by atoms with Gasteiger partial charge in [-0.1, -0.05) is 17.3 Å². The molecule has 114 valence electrons. The van der Waals surface area contributed by atoms with Crippen LogP contribution in [0.3, 0.4) is 0 Å². The van der Waals surface area contributed by atoms with E-state index in [1.165, 1.54) is 12.1 Å². The molecule has 0 aliphatic heterocycles. The van der Waals surface area contributed by atoms with Gasteiger partial charge in [0, 0.05) is 25.7 Å². The van der Waals surface area contributed by atoms with Crippen LogP contribution in [0.2, 0.25) is 0 Å². The first-order chi connectivity index (χ1) is 9.88. The minimum atomic E-state index is -4.29. The second-order valence-electron chi connectivity index (χ2n) is 4.97. The number of halogens is 3. The molecule has 2 aromatic rings. The summed E-state index contributed by atoms with van der Waals surface area (Å²) in [5.74, 6) is 0. The lowest BCUT2D eigenvalue weighted by Gasteiger charge is -2.15. The third kappa shape index (κ3) is 4.29. The Morgan fingerprint density at radius 3 is 2.33 bits per heavy atom. The predicted octanol–water partition coefficient (Wildman–Crippen LogP) is 2.21. The zero-order chi connectivity index (χ0) is 15.5. The van der Waals surface area contributed by atoms with Crippen LogP contribution in [0.5, 0.6) is 0 Å². The molecule has 2 rings (SSSR count). The molecule has 1 atom stereocenters. The predicted molar refractivity (Wildman–Crippen MR) is 72.7 cm³/mol. The Balaban J connectivity index is 2.01. The summed E-state index contributed by atoms with van der Waals surface area (Å²) in [6.45, 7) is 0. The molecule has 1 aromatic heterocycles. The quantitative estimate of drug-likeness (QED) is 0.920. The van der Waals surface area contributed by atoms with Crippen LogP contribution >= 0.6 is 0 Å². The van der Waals surface area contributed by atoms with Crippen molar-refractivity contribution < 1.29 is 13.2 Å². The fourth-order valence-corrected chi connectivity index (χ4v) is 2.13. The highest BCUT2D eigenvalue weighted by atomic mass is 19.4. The number of hydrogen-bond acceptors (Lipinski definition) is 3. The molecular weight excluding hydrogens is 281 g/mol. The topological polar surface area (TPSA) is 42.7 Å². The van der Waals surface area contributed by atoms with Crippen molar-refractivity contribution in [1.82, 2.24) is 20.3 Å². The maximum absolute atomic E-state index is 12.5. The summed E-state index contributed by atoms with van der Waals surface area (Å²) < 4.78 is 39.1. The second kappa shape index (κ2) is 6.26. The Morgan fingerprint density at radius 1 is 1.19 bits per heavy atom. The molecule has 0 aliphatic carbocycles. The summed E-state index contributed by atoms with van der Waals surface area (Å²) in [7, 11) is 3.62. The van der Waals surface area contributed by atoms with Crippen LogP contribution in [0.15, 0.2) is 30.5 Å². The fourth-order valence-electron chi connectivity index (χ4n) is 2.13. The molecule has 1 unspecified atom stereocenters. The number of nitrogens with one attached hydrogen (secondary N) is 1. The van der Waals surface area contributed by atoms with Crippen LogP contribution in [0.4, 0.5) is 13.2 Å². The molecule has 0 spiro atoms. The molecule has 0 saturated carbocycles. The molecule has 0 bridgehead atoms. The molecule has 4 nitrogen and oxygen atoms in total. The minimum absolute atomic E-state index is 0.0958. The SMILES string of the molecule is CNC(Cc1ccc(C(F)(F)F)cc1)Cc1cn(C)nn1. The third-order valence-corrected chi connectivity index (χ3v) is 3.28. The summed E-state index contributed by atoms with van der Waals surface area (Å²) >= 11 is 0. The summed E-state index contributed by atoms with van der Waals surface area (Å²) in [6, 6.07) is 5.36. The van der Waals surface area contributed by atoms with Gasteiger partial charge in [0.15, 0.2) is 0 Å². The summed E-state index contributed by atoms with van der Waals surface area (Å²) in [5, 5.41) is 11.0. The van der Waals surface area contributed by atoms with Crippen LogP contribution in [0.25, 0.3) is 0 Å². The Bertz CT molecular complexity index is 575. The molecule has 1 N–H and O–H groups in total. The lowest BCUT2D eigenvalue weighted by Crippen LogP contribution is -2.30. The smallest absolute Gasteiger partial charge is 0.316 e. The molecule has 1 heterocycles. The van der Waals surface area contributed by atoms with Gasteiger partial charge in [0.25, 0.3) is 0 Å². The number of aromatic nitrogens is 3. The largest absolute Gasteiger partial charge is 0.416 e. The van der Waals surface area contributed by atoms with E-state index in [0.717, 1.165) is 23.4 Å². The Kier molecular flexibility index (Phi) is 4.62. The number of alkyl halides is 3. The van der Waals surface area contributed by atoms with E-state index in [9.17, 15) is 13.2 Å². The van der Waals surface area contributed by atoms with Gasteiger partial charge in [-0.2, -0.15) is 13.2 Å². The molecule has 0 amide bonds. The van der Waals surface area contributed by atoms with Crippen molar-refractivity contribution in [3.8, 4) is 0 Å². The Morgan fingerprint density at radius 2 is 1.86 bits per heavy atom. The standard InChI is InChI=1S/C14H17F3N4/c1-18-12(8-13-9-21(2)20-19-13)7-10-3-5-11(6-4-10)14(15,16)17/h3-6,9,12,18H,7-8H2,1-2H3. The molecule has 1 aromatic carbocycles. The number of nitrogens with zero attached hydrogens (tertiary/aromatic N) is 3. The first kappa shape index (κ1) is 15.5. The Labute approximate surface area is 121 Å². The molecule has 0 radical (unpaired) electrons. The van der Waals surface area contributed by atoms with E-state index in [0.29, 0.717) is 12.8 Å². The number of hydrogen-bond donors (Lipinski definition) is 1. The van der Waals surface area contributed by atoms with Gasteiger partial charge >= 0.3 is 6.18 Å². The molecule has 21 heavy (non-hydrogen) atoms. The van der Waals surface area contributed by atoms with Gasteiger partial charge in [-0.15, -0.1) is 5.10 Å².